The molecule has 0 aliphatic carbocycles. The number of hydrogen-bond acceptors (Lipinski definition) is 3. The summed E-state index contributed by atoms with van der Waals surface area (Å²) >= 11 is 0. The lowest BCUT2D eigenvalue weighted by Gasteiger charge is -2.14. The van der Waals surface area contributed by atoms with Crippen LogP contribution in [-0.2, 0) is 0 Å². The third-order valence-electron chi connectivity index (χ3n) is 3.53. The summed E-state index contributed by atoms with van der Waals surface area (Å²) in [5.74, 6) is 0.315. The average molecular weight is 271 g/mol. The minimum Gasteiger partial charge on any atom is -0.350 e. The second kappa shape index (κ2) is 7.01. The summed E-state index contributed by atoms with van der Waals surface area (Å²) in [7, 11) is 0. The van der Waals surface area contributed by atoms with E-state index in [9.17, 15) is 4.79 Å². The van der Waals surface area contributed by atoms with E-state index in [0.29, 0.717) is 24.7 Å². The second-order valence-corrected chi connectivity index (χ2v) is 4.95. The van der Waals surface area contributed by atoms with Crippen LogP contribution < -0.4 is 11.1 Å². The van der Waals surface area contributed by atoms with Gasteiger partial charge >= 0.3 is 0 Å². The molecule has 20 heavy (non-hydrogen) atoms. The van der Waals surface area contributed by atoms with E-state index in [1.165, 1.54) is 0 Å². The van der Waals surface area contributed by atoms with Crippen molar-refractivity contribution in [3.63, 3.8) is 0 Å². The molecular formula is C16H21N3O. The summed E-state index contributed by atoms with van der Waals surface area (Å²) in [4.78, 5) is 16.5. The smallest absolute Gasteiger partial charge is 0.269 e. The first kappa shape index (κ1) is 14.5. The summed E-state index contributed by atoms with van der Waals surface area (Å²) < 4.78 is 0. The molecule has 0 spiro atoms. The molecule has 0 bridgehead atoms. The number of para-hydroxylation sites is 1. The van der Waals surface area contributed by atoms with Crippen LogP contribution in [0, 0.1) is 5.92 Å². The van der Waals surface area contributed by atoms with E-state index in [0.717, 1.165) is 23.7 Å². The van der Waals surface area contributed by atoms with Crippen LogP contribution in [0.4, 0.5) is 0 Å². The highest BCUT2D eigenvalue weighted by molar-refractivity contribution is 5.94. The monoisotopic (exact) mass is 271 g/mol. The van der Waals surface area contributed by atoms with Gasteiger partial charge in [-0.25, -0.2) is 4.98 Å². The van der Waals surface area contributed by atoms with Crippen LogP contribution in [0.5, 0.6) is 0 Å². The molecule has 0 aliphatic rings. The Kier molecular flexibility index (Phi) is 5.07. The quantitative estimate of drug-likeness (QED) is 0.847. The van der Waals surface area contributed by atoms with Crippen molar-refractivity contribution in [3.05, 3.63) is 42.1 Å². The van der Waals surface area contributed by atoms with Crippen molar-refractivity contribution >= 4 is 16.8 Å². The Morgan fingerprint density at radius 3 is 2.85 bits per heavy atom. The fourth-order valence-corrected chi connectivity index (χ4v) is 2.21. The highest BCUT2D eigenvalue weighted by Gasteiger charge is 2.11. The molecule has 1 heterocycles. The van der Waals surface area contributed by atoms with E-state index in [4.69, 9.17) is 5.73 Å². The number of benzene rings is 1. The molecular weight excluding hydrogens is 250 g/mol. The van der Waals surface area contributed by atoms with E-state index in [-0.39, 0.29) is 5.91 Å². The molecule has 2 aromatic rings. The number of aromatic nitrogens is 1. The number of carbonyl (C=O) groups excluding carboxylic acids is 1. The predicted molar refractivity (Wildman–Crippen MR) is 81.5 cm³/mol. The van der Waals surface area contributed by atoms with Gasteiger partial charge in [0.2, 0.25) is 0 Å². The minimum absolute atomic E-state index is 0.119. The Morgan fingerprint density at radius 1 is 1.30 bits per heavy atom. The lowest BCUT2D eigenvalue weighted by atomic mass is 10.0. The van der Waals surface area contributed by atoms with Gasteiger partial charge in [0.1, 0.15) is 5.69 Å². The standard InChI is InChI=1S/C16H21N3O/c1-2-12(9-10-17)11-18-16(20)15-8-7-13-5-3-4-6-14(13)19-15/h3-8,12H,2,9-11,17H2,1H3,(H,18,20). The van der Waals surface area contributed by atoms with Gasteiger partial charge in [0.15, 0.2) is 0 Å². The van der Waals surface area contributed by atoms with Gasteiger partial charge in [0.25, 0.3) is 5.91 Å². The van der Waals surface area contributed by atoms with Crippen molar-refractivity contribution < 1.29 is 4.79 Å². The Bertz CT molecular complexity index is 583. The molecule has 1 atom stereocenters. The number of nitrogens with two attached hydrogens (primary N) is 1. The Balaban J connectivity index is 2.03. The lowest BCUT2D eigenvalue weighted by Crippen LogP contribution is -2.30. The first-order valence-electron chi connectivity index (χ1n) is 7.08. The molecule has 106 valence electrons. The van der Waals surface area contributed by atoms with Crippen LogP contribution in [0.3, 0.4) is 0 Å². The molecule has 0 fully saturated rings. The molecule has 3 N–H and O–H groups in total. The molecule has 1 unspecified atom stereocenters. The van der Waals surface area contributed by atoms with E-state index in [1.807, 2.05) is 30.3 Å². The molecule has 1 aromatic carbocycles. The molecule has 1 amide bonds. The Labute approximate surface area is 119 Å². The zero-order valence-electron chi connectivity index (χ0n) is 11.8. The number of nitrogens with zero attached hydrogens (tertiary/aromatic N) is 1. The van der Waals surface area contributed by atoms with Crippen molar-refractivity contribution in [2.24, 2.45) is 11.7 Å². The van der Waals surface area contributed by atoms with E-state index < -0.39 is 0 Å². The van der Waals surface area contributed by atoms with Crippen LogP contribution in [0.2, 0.25) is 0 Å². The third kappa shape index (κ3) is 3.54. The van der Waals surface area contributed by atoms with Gasteiger partial charge in [-0.15, -0.1) is 0 Å². The van der Waals surface area contributed by atoms with E-state index in [1.54, 1.807) is 6.07 Å². The molecule has 0 radical (unpaired) electrons. The third-order valence-corrected chi connectivity index (χ3v) is 3.53. The van der Waals surface area contributed by atoms with E-state index in [2.05, 4.69) is 17.2 Å². The van der Waals surface area contributed by atoms with Crippen molar-refractivity contribution in [2.75, 3.05) is 13.1 Å². The lowest BCUT2D eigenvalue weighted by molar-refractivity contribution is 0.0941. The molecule has 4 nitrogen and oxygen atoms in total. The van der Waals surface area contributed by atoms with Gasteiger partial charge < -0.3 is 11.1 Å². The van der Waals surface area contributed by atoms with Gasteiger partial charge in [-0.2, -0.15) is 0 Å². The fraction of sp³-hybridized carbons (Fsp3) is 0.375. The maximum Gasteiger partial charge on any atom is 0.269 e. The summed E-state index contributed by atoms with van der Waals surface area (Å²) in [5.41, 5.74) is 6.87. The zero-order valence-corrected chi connectivity index (χ0v) is 11.8. The number of hydrogen-bond donors (Lipinski definition) is 2. The average Bonchev–Trinajstić information content (AvgIpc) is 2.50. The van der Waals surface area contributed by atoms with Crippen LogP contribution in [-0.4, -0.2) is 24.0 Å². The van der Waals surface area contributed by atoms with Gasteiger partial charge in [0, 0.05) is 11.9 Å². The maximum absolute atomic E-state index is 12.1. The normalized spacial score (nSPS) is 12.3. The molecule has 0 aliphatic heterocycles. The first-order valence-corrected chi connectivity index (χ1v) is 7.08. The molecule has 0 saturated carbocycles. The summed E-state index contributed by atoms with van der Waals surface area (Å²) in [6, 6.07) is 11.5. The van der Waals surface area contributed by atoms with Crippen molar-refractivity contribution in [3.8, 4) is 0 Å². The van der Waals surface area contributed by atoms with Crippen molar-refractivity contribution in [1.29, 1.82) is 0 Å². The van der Waals surface area contributed by atoms with Crippen LogP contribution in [0.1, 0.15) is 30.3 Å². The van der Waals surface area contributed by atoms with Gasteiger partial charge in [0.05, 0.1) is 5.52 Å². The Morgan fingerprint density at radius 2 is 2.10 bits per heavy atom. The minimum atomic E-state index is -0.119. The molecule has 2 rings (SSSR count). The molecule has 1 aromatic heterocycles. The number of fused-ring (bicyclic) bond motifs is 1. The maximum atomic E-state index is 12.1. The summed E-state index contributed by atoms with van der Waals surface area (Å²) in [6.07, 6.45) is 1.95. The summed E-state index contributed by atoms with van der Waals surface area (Å²) in [5, 5.41) is 3.98. The van der Waals surface area contributed by atoms with Crippen LogP contribution in [0.15, 0.2) is 36.4 Å². The van der Waals surface area contributed by atoms with Gasteiger partial charge in [-0.1, -0.05) is 37.6 Å². The highest BCUT2D eigenvalue weighted by Crippen LogP contribution is 2.12. The topological polar surface area (TPSA) is 68.0 Å². The largest absolute Gasteiger partial charge is 0.350 e. The Hall–Kier alpha value is -1.94. The number of pyridine rings is 1. The van der Waals surface area contributed by atoms with Crippen molar-refractivity contribution in [2.45, 2.75) is 19.8 Å². The second-order valence-electron chi connectivity index (χ2n) is 4.95. The number of nitrogens with one attached hydrogen (secondary N) is 1. The van der Waals surface area contributed by atoms with E-state index >= 15 is 0 Å². The molecule has 4 heteroatoms. The number of carbonyl (C=O) groups is 1. The predicted octanol–water partition coefficient (Wildman–Crippen LogP) is 2.34. The highest BCUT2D eigenvalue weighted by atomic mass is 16.1. The van der Waals surface area contributed by atoms with Crippen molar-refractivity contribution in [1.82, 2.24) is 10.3 Å². The fourth-order valence-electron chi connectivity index (χ4n) is 2.21. The van der Waals surface area contributed by atoms with Gasteiger partial charge in [-0.3, -0.25) is 4.79 Å². The van der Waals surface area contributed by atoms with Crippen LogP contribution >= 0.6 is 0 Å². The SMILES string of the molecule is CCC(CCN)CNC(=O)c1ccc2ccccc2n1. The van der Waals surface area contributed by atoms with Gasteiger partial charge in [-0.05, 0) is 31.0 Å². The molecule has 0 saturated heterocycles. The number of rotatable bonds is 6. The summed E-state index contributed by atoms with van der Waals surface area (Å²) in [6.45, 7) is 3.42. The first-order chi connectivity index (χ1) is 9.74. The zero-order chi connectivity index (χ0) is 14.4. The van der Waals surface area contributed by atoms with Crippen LogP contribution in [0.25, 0.3) is 10.9 Å². The number of amides is 1.